The lowest BCUT2D eigenvalue weighted by atomic mass is 9.97. The van der Waals surface area contributed by atoms with Crippen molar-refractivity contribution < 1.29 is 9.53 Å². The minimum atomic E-state index is 0.0531. The predicted molar refractivity (Wildman–Crippen MR) is 95.3 cm³/mol. The molecule has 3 aromatic rings. The molecule has 0 spiro atoms. The van der Waals surface area contributed by atoms with Crippen LogP contribution in [0.15, 0.2) is 60.4 Å². The molecular weight excluding hydrogens is 298 g/mol. The first-order chi connectivity index (χ1) is 11.7. The zero-order valence-corrected chi connectivity index (χ0v) is 13.5. The lowest BCUT2D eigenvalue weighted by Crippen LogP contribution is -2.02. The first kappa shape index (κ1) is 14.6. The normalized spacial score (nSPS) is 15.9. The second kappa shape index (κ2) is 5.93. The molecule has 118 valence electrons. The number of rotatable bonds is 1. The molecule has 1 aromatic heterocycles. The summed E-state index contributed by atoms with van der Waals surface area (Å²) in [5.74, 6) is 0.741. The Balaban J connectivity index is 1.75. The smallest absolute Gasteiger partial charge is 0.192 e. The van der Waals surface area contributed by atoms with Crippen LogP contribution in [0.1, 0.15) is 27.9 Å². The zero-order valence-electron chi connectivity index (χ0n) is 13.5. The van der Waals surface area contributed by atoms with Crippen molar-refractivity contribution in [1.82, 2.24) is 4.98 Å². The maximum atomic E-state index is 12.9. The fraction of sp³-hybridized carbons (Fsp3) is 0.143. The van der Waals surface area contributed by atoms with E-state index in [1.165, 1.54) is 0 Å². The van der Waals surface area contributed by atoms with Gasteiger partial charge in [0.05, 0.1) is 12.2 Å². The standard InChI is InChI=1S/C21H17NO2/c1-14-2-5-19-20(10-14)24-9-7-17(21(19)23)12-15-3-4-18-13-22-8-6-16(18)11-15/h2-6,8,10-13H,7,9H2,1H3/b17-12+. The van der Waals surface area contributed by atoms with Crippen molar-refractivity contribution in [2.75, 3.05) is 6.61 Å². The van der Waals surface area contributed by atoms with E-state index in [0.717, 1.165) is 27.5 Å². The Labute approximate surface area is 140 Å². The number of carbonyl (C=O) groups is 1. The Kier molecular flexibility index (Phi) is 3.62. The highest BCUT2D eigenvalue weighted by atomic mass is 16.5. The first-order valence-corrected chi connectivity index (χ1v) is 8.03. The molecule has 0 bridgehead atoms. The molecule has 1 aliphatic rings. The molecule has 0 radical (unpaired) electrons. The number of hydrogen-bond donors (Lipinski definition) is 0. The van der Waals surface area contributed by atoms with Crippen LogP contribution in [0.2, 0.25) is 0 Å². The summed E-state index contributed by atoms with van der Waals surface area (Å²) >= 11 is 0. The number of benzene rings is 2. The fourth-order valence-corrected chi connectivity index (χ4v) is 3.02. The van der Waals surface area contributed by atoms with Gasteiger partial charge in [0.1, 0.15) is 5.75 Å². The van der Waals surface area contributed by atoms with Gasteiger partial charge in [-0.2, -0.15) is 0 Å². The van der Waals surface area contributed by atoms with E-state index in [9.17, 15) is 4.79 Å². The third kappa shape index (κ3) is 2.69. The Bertz CT molecular complexity index is 972. The van der Waals surface area contributed by atoms with Crippen molar-refractivity contribution >= 4 is 22.6 Å². The van der Waals surface area contributed by atoms with Gasteiger partial charge in [-0.15, -0.1) is 0 Å². The summed E-state index contributed by atoms with van der Waals surface area (Å²) in [6.07, 6.45) is 6.21. The average molecular weight is 315 g/mol. The maximum Gasteiger partial charge on any atom is 0.192 e. The van der Waals surface area contributed by atoms with E-state index in [2.05, 4.69) is 11.1 Å². The molecule has 3 nitrogen and oxygen atoms in total. The van der Waals surface area contributed by atoms with Crippen LogP contribution in [0, 0.1) is 6.92 Å². The molecule has 0 saturated carbocycles. The number of fused-ring (bicyclic) bond motifs is 2. The van der Waals surface area contributed by atoms with E-state index < -0.39 is 0 Å². The minimum Gasteiger partial charge on any atom is -0.492 e. The number of Topliss-reactive ketones (excluding diaryl/α,β-unsaturated/α-hetero) is 1. The SMILES string of the molecule is Cc1ccc2c(c1)OCC/C(=C\c1ccc3cnccc3c1)C2=O. The lowest BCUT2D eigenvalue weighted by molar-refractivity contribution is 0.103. The van der Waals surface area contributed by atoms with E-state index in [1.807, 2.05) is 55.6 Å². The minimum absolute atomic E-state index is 0.0531. The molecule has 0 unspecified atom stereocenters. The third-order valence-electron chi connectivity index (χ3n) is 4.31. The molecule has 2 aromatic carbocycles. The van der Waals surface area contributed by atoms with Crippen LogP contribution in [0.25, 0.3) is 16.8 Å². The number of aromatic nitrogens is 1. The number of aryl methyl sites for hydroxylation is 1. The molecule has 0 amide bonds. The van der Waals surface area contributed by atoms with E-state index in [4.69, 9.17) is 4.74 Å². The van der Waals surface area contributed by atoms with E-state index >= 15 is 0 Å². The van der Waals surface area contributed by atoms with Gasteiger partial charge in [-0.1, -0.05) is 18.2 Å². The van der Waals surface area contributed by atoms with Gasteiger partial charge >= 0.3 is 0 Å². The van der Waals surface area contributed by atoms with Gasteiger partial charge in [0.2, 0.25) is 0 Å². The van der Waals surface area contributed by atoms with Crippen LogP contribution in [0.3, 0.4) is 0 Å². The van der Waals surface area contributed by atoms with Crippen LogP contribution in [0.4, 0.5) is 0 Å². The lowest BCUT2D eigenvalue weighted by Gasteiger charge is -2.06. The molecule has 0 saturated heterocycles. The summed E-state index contributed by atoms with van der Waals surface area (Å²) in [6, 6.07) is 13.9. The van der Waals surface area contributed by atoms with Crippen molar-refractivity contribution in [3.63, 3.8) is 0 Å². The zero-order chi connectivity index (χ0) is 16.5. The van der Waals surface area contributed by atoms with E-state index in [0.29, 0.717) is 24.3 Å². The van der Waals surface area contributed by atoms with Gasteiger partial charge in [0.15, 0.2) is 5.78 Å². The van der Waals surface area contributed by atoms with Crippen LogP contribution in [0.5, 0.6) is 5.75 Å². The molecule has 3 heteroatoms. The molecular formula is C21H17NO2. The number of carbonyl (C=O) groups excluding carboxylic acids is 1. The Morgan fingerprint density at radius 1 is 1.08 bits per heavy atom. The van der Waals surface area contributed by atoms with Gasteiger partial charge in [-0.25, -0.2) is 0 Å². The summed E-state index contributed by atoms with van der Waals surface area (Å²) in [7, 11) is 0. The number of ether oxygens (including phenoxy) is 1. The van der Waals surface area contributed by atoms with Crippen LogP contribution in [-0.4, -0.2) is 17.4 Å². The first-order valence-electron chi connectivity index (χ1n) is 8.03. The summed E-state index contributed by atoms with van der Waals surface area (Å²) in [6.45, 7) is 2.52. The van der Waals surface area contributed by atoms with Crippen molar-refractivity contribution in [2.45, 2.75) is 13.3 Å². The molecule has 24 heavy (non-hydrogen) atoms. The maximum absolute atomic E-state index is 12.9. The topological polar surface area (TPSA) is 39.2 Å². The van der Waals surface area contributed by atoms with Gasteiger partial charge < -0.3 is 4.74 Å². The van der Waals surface area contributed by atoms with Gasteiger partial charge in [0.25, 0.3) is 0 Å². The van der Waals surface area contributed by atoms with Crippen LogP contribution in [-0.2, 0) is 0 Å². The highest BCUT2D eigenvalue weighted by Crippen LogP contribution is 2.29. The third-order valence-corrected chi connectivity index (χ3v) is 4.31. The Morgan fingerprint density at radius 3 is 2.92 bits per heavy atom. The predicted octanol–water partition coefficient (Wildman–Crippen LogP) is 4.59. The Hall–Kier alpha value is -2.94. The molecule has 2 heterocycles. The summed E-state index contributed by atoms with van der Waals surface area (Å²) in [5, 5.41) is 2.21. The van der Waals surface area contributed by atoms with Gasteiger partial charge in [-0.3, -0.25) is 9.78 Å². The molecule has 0 fully saturated rings. The van der Waals surface area contributed by atoms with Crippen molar-refractivity contribution in [3.05, 3.63) is 77.1 Å². The summed E-state index contributed by atoms with van der Waals surface area (Å²) in [4.78, 5) is 17.0. The number of pyridine rings is 1. The quantitative estimate of drug-likeness (QED) is 0.616. The van der Waals surface area contributed by atoms with Gasteiger partial charge in [-0.05, 0) is 53.8 Å². The van der Waals surface area contributed by atoms with Crippen LogP contribution < -0.4 is 4.74 Å². The Morgan fingerprint density at radius 2 is 2.00 bits per heavy atom. The molecule has 0 N–H and O–H groups in total. The van der Waals surface area contributed by atoms with Crippen molar-refractivity contribution in [1.29, 1.82) is 0 Å². The highest BCUT2D eigenvalue weighted by Gasteiger charge is 2.21. The molecule has 0 aliphatic carbocycles. The summed E-state index contributed by atoms with van der Waals surface area (Å²) in [5.41, 5.74) is 3.55. The number of hydrogen-bond acceptors (Lipinski definition) is 3. The number of ketones is 1. The average Bonchev–Trinajstić information content (AvgIpc) is 2.74. The highest BCUT2D eigenvalue weighted by molar-refractivity contribution is 6.13. The van der Waals surface area contributed by atoms with E-state index in [-0.39, 0.29) is 5.78 Å². The van der Waals surface area contributed by atoms with Crippen molar-refractivity contribution in [2.24, 2.45) is 0 Å². The second-order valence-electron chi connectivity index (χ2n) is 6.08. The monoisotopic (exact) mass is 315 g/mol. The van der Waals surface area contributed by atoms with Crippen LogP contribution >= 0.6 is 0 Å². The molecule has 0 atom stereocenters. The molecule has 4 rings (SSSR count). The van der Waals surface area contributed by atoms with Crippen molar-refractivity contribution in [3.8, 4) is 5.75 Å². The molecule has 1 aliphatic heterocycles. The fourth-order valence-electron chi connectivity index (χ4n) is 3.02. The second-order valence-corrected chi connectivity index (χ2v) is 6.08. The summed E-state index contributed by atoms with van der Waals surface area (Å²) < 4.78 is 5.77. The van der Waals surface area contributed by atoms with E-state index in [1.54, 1.807) is 6.20 Å². The number of nitrogens with zero attached hydrogens (tertiary/aromatic N) is 1. The van der Waals surface area contributed by atoms with Gasteiger partial charge in [0, 0.05) is 29.8 Å². The largest absolute Gasteiger partial charge is 0.492 e.